The normalized spacial score (nSPS) is 11.8. The number of aromatic amines is 1. The van der Waals surface area contributed by atoms with Crippen LogP contribution in [-0.4, -0.2) is 28.2 Å². The SMILES string of the molecule is CCC(Sc1nc(-c2ccc(C)cc2)c(-c2ccc(C)cc2)[nH]1)C(=O)Nc1ccccc1OC. The average Bonchev–Trinajstić information content (AvgIpc) is 3.27. The molecule has 174 valence electrons. The Labute approximate surface area is 205 Å². The first-order chi connectivity index (χ1) is 16.5. The van der Waals surface area contributed by atoms with Crippen molar-refractivity contribution >= 4 is 23.4 Å². The molecular weight excluding hydrogens is 442 g/mol. The number of aryl methyl sites for hydroxylation is 2. The molecule has 0 spiro atoms. The minimum Gasteiger partial charge on any atom is -0.495 e. The van der Waals surface area contributed by atoms with E-state index in [9.17, 15) is 4.79 Å². The maximum atomic E-state index is 13.1. The lowest BCUT2D eigenvalue weighted by molar-refractivity contribution is -0.115. The number of hydrogen-bond donors (Lipinski definition) is 2. The van der Waals surface area contributed by atoms with E-state index in [0.29, 0.717) is 23.0 Å². The number of para-hydroxylation sites is 2. The monoisotopic (exact) mass is 471 g/mol. The molecule has 0 saturated heterocycles. The first-order valence-electron chi connectivity index (χ1n) is 11.3. The van der Waals surface area contributed by atoms with Gasteiger partial charge in [-0.25, -0.2) is 4.98 Å². The van der Waals surface area contributed by atoms with E-state index in [0.717, 1.165) is 22.5 Å². The van der Waals surface area contributed by atoms with Crippen molar-refractivity contribution in [2.75, 3.05) is 12.4 Å². The molecule has 1 heterocycles. The molecule has 4 aromatic rings. The summed E-state index contributed by atoms with van der Waals surface area (Å²) in [6.45, 7) is 6.15. The topological polar surface area (TPSA) is 67.0 Å². The number of nitrogens with zero attached hydrogens (tertiary/aromatic N) is 1. The van der Waals surface area contributed by atoms with E-state index >= 15 is 0 Å². The van der Waals surface area contributed by atoms with Crippen LogP contribution in [-0.2, 0) is 4.79 Å². The maximum absolute atomic E-state index is 13.1. The highest BCUT2D eigenvalue weighted by molar-refractivity contribution is 8.00. The highest BCUT2D eigenvalue weighted by Crippen LogP contribution is 2.35. The van der Waals surface area contributed by atoms with Crippen molar-refractivity contribution in [2.45, 2.75) is 37.6 Å². The number of H-pyrrole nitrogens is 1. The van der Waals surface area contributed by atoms with E-state index in [1.807, 2.05) is 31.2 Å². The molecule has 0 radical (unpaired) electrons. The van der Waals surface area contributed by atoms with E-state index in [1.54, 1.807) is 7.11 Å². The fourth-order valence-electron chi connectivity index (χ4n) is 3.67. The number of anilines is 1. The number of carbonyl (C=O) groups excluding carboxylic acids is 1. The number of ether oxygens (including phenoxy) is 1. The zero-order chi connectivity index (χ0) is 24.1. The quantitative estimate of drug-likeness (QED) is 0.275. The summed E-state index contributed by atoms with van der Waals surface area (Å²) in [5.41, 5.74) is 6.99. The van der Waals surface area contributed by atoms with Crippen LogP contribution in [0, 0.1) is 13.8 Å². The molecule has 1 amide bonds. The van der Waals surface area contributed by atoms with Gasteiger partial charge in [-0.1, -0.05) is 90.5 Å². The third kappa shape index (κ3) is 5.34. The molecule has 0 aliphatic heterocycles. The number of imidazole rings is 1. The summed E-state index contributed by atoms with van der Waals surface area (Å²) >= 11 is 1.44. The first-order valence-corrected chi connectivity index (χ1v) is 12.2. The zero-order valence-electron chi connectivity index (χ0n) is 19.9. The molecule has 1 atom stereocenters. The number of aromatic nitrogens is 2. The number of rotatable bonds is 8. The Balaban J connectivity index is 1.64. The third-order valence-electron chi connectivity index (χ3n) is 5.63. The number of benzene rings is 3. The van der Waals surface area contributed by atoms with Gasteiger partial charge in [0.1, 0.15) is 5.75 Å². The molecular formula is C28H29N3O2S. The number of thioether (sulfide) groups is 1. The molecule has 0 saturated carbocycles. The van der Waals surface area contributed by atoms with Gasteiger partial charge in [0.15, 0.2) is 5.16 Å². The smallest absolute Gasteiger partial charge is 0.238 e. The van der Waals surface area contributed by atoms with E-state index in [1.165, 1.54) is 22.9 Å². The van der Waals surface area contributed by atoms with Gasteiger partial charge in [0.05, 0.1) is 29.4 Å². The highest BCUT2D eigenvalue weighted by atomic mass is 32.2. The van der Waals surface area contributed by atoms with Gasteiger partial charge in [0.25, 0.3) is 0 Å². The van der Waals surface area contributed by atoms with E-state index < -0.39 is 0 Å². The second-order valence-electron chi connectivity index (χ2n) is 8.20. The summed E-state index contributed by atoms with van der Waals surface area (Å²) in [5.74, 6) is 0.555. The molecule has 0 bridgehead atoms. The van der Waals surface area contributed by atoms with Gasteiger partial charge in [-0.2, -0.15) is 0 Å². The lowest BCUT2D eigenvalue weighted by Crippen LogP contribution is -2.25. The summed E-state index contributed by atoms with van der Waals surface area (Å²) in [4.78, 5) is 21.5. The molecule has 6 heteroatoms. The summed E-state index contributed by atoms with van der Waals surface area (Å²) in [5, 5.41) is 3.41. The minimum atomic E-state index is -0.312. The lowest BCUT2D eigenvalue weighted by Gasteiger charge is -2.15. The summed E-state index contributed by atoms with van der Waals surface area (Å²) in [6, 6.07) is 24.2. The van der Waals surface area contributed by atoms with E-state index in [4.69, 9.17) is 9.72 Å². The minimum absolute atomic E-state index is 0.0813. The van der Waals surface area contributed by atoms with Crippen LogP contribution in [0.25, 0.3) is 22.5 Å². The van der Waals surface area contributed by atoms with Crippen molar-refractivity contribution in [1.29, 1.82) is 0 Å². The van der Waals surface area contributed by atoms with Gasteiger partial charge in [-0.15, -0.1) is 0 Å². The molecule has 5 nitrogen and oxygen atoms in total. The predicted molar refractivity (Wildman–Crippen MR) is 140 cm³/mol. The predicted octanol–water partition coefficient (Wildman–Crippen LogP) is 6.88. The standard InChI is InChI=1S/C28H29N3O2S/c1-5-24(27(32)29-22-8-6-7-9-23(22)33-4)34-28-30-25(20-14-10-18(2)11-15-20)26(31-28)21-16-12-19(3)13-17-21/h6-17,24H,5H2,1-4H3,(H,29,32)(H,30,31). The fourth-order valence-corrected chi connectivity index (χ4v) is 4.58. The largest absolute Gasteiger partial charge is 0.495 e. The molecule has 0 fully saturated rings. The molecule has 0 aliphatic rings. The van der Waals surface area contributed by atoms with Crippen molar-refractivity contribution in [3.8, 4) is 28.3 Å². The van der Waals surface area contributed by atoms with Crippen LogP contribution >= 0.6 is 11.8 Å². The van der Waals surface area contributed by atoms with Gasteiger partial charge in [-0.3, -0.25) is 4.79 Å². The Morgan fingerprint density at radius 1 is 0.971 bits per heavy atom. The number of nitrogens with one attached hydrogen (secondary N) is 2. The van der Waals surface area contributed by atoms with Crippen LogP contribution in [0.3, 0.4) is 0 Å². The Kier molecular flexibility index (Phi) is 7.38. The van der Waals surface area contributed by atoms with Gasteiger partial charge < -0.3 is 15.0 Å². The lowest BCUT2D eigenvalue weighted by atomic mass is 10.0. The van der Waals surface area contributed by atoms with Gasteiger partial charge in [0.2, 0.25) is 5.91 Å². The molecule has 34 heavy (non-hydrogen) atoms. The second-order valence-corrected chi connectivity index (χ2v) is 9.39. The van der Waals surface area contributed by atoms with Crippen LogP contribution in [0.15, 0.2) is 78.0 Å². The Bertz CT molecular complexity index is 1200. The van der Waals surface area contributed by atoms with Gasteiger partial charge in [0, 0.05) is 11.1 Å². The van der Waals surface area contributed by atoms with Gasteiger partial charge >= 0.3 is 0 Å². The van der Waals surface area contributed by atoms with E-state index in [-0.39, 0.29) is 11.2 Å². The number of carbonyl (C=O) groups is 1. The zero-order valence-corrected chi connectivity index (χ0v) is 20.7. The second kappa shape index (κ2) is 10.6. The van der Waals surface area contributed by atoms with Crippen LogP contribution in [0.2, 0.25) is 0 Å². The third-order valence-corrected chi connectivity index (χ3v) is 6.88. The summed E-state index contributed by atoms with van der Waals surface area (Å²) < 4.78 is 5.37. The molecule has 0 aliphatic carbocycles. The Morgan fingerprint density at radius 2 is 1.59 bits per heavy atom. The van der Waals surface area contributed by atoms with Crippen molar-refractivity contribution in [1.82, 2.24) is 9.97 Å². The molecule has 1 aromatic heterocycles. The number of methoxy groups -OCH3 is 1. The molecule has 1 unspecified atom stereocenters. The maximum Gasteiger partial charge on any atom is 0.238 e. The van der Waals surface area contributed by atoms with Crippen LogP contribution < -0.4 is 10.1 Å². The van der Waals surface area contributed by atoms with Crippen LogP contribution in [0.4, 0.5) is 5.69 Å². The van der Waals surface area contributed by atoms with Gasteiger partial charge in [-0.05, 0) is 32.4 Å². The van der Waals surface area contributed by atoms with Crippen molar-refractivity contribution in [3.05, 3.63) is 83.9 Å². The highest BCUT2D eigenvalue weighted by Gasteiger charge is 2.23. The van der Waals surface area contributed by atoms with Crippen LogP contribution in [0.1, 0.15) is 24.5 Å². The van der Waals surface area contributed by atoms with Crippen molar-refractivity contribution < 1.29 is 9.53 Å². The first kappa shape index (κ1) is 23.6. The molecule has 2 N–H and O–H groups in total. The Morgan fingerprint density at radius 3 is 2.21 bits per heavy atom. The van der Waals surface area contributed by atoms with E-state index in [2.05, 4.69) is 72.7 Å². The molecule has 3 aromatic carbocycles. The van der Waals surface area contributed by atoms with Crippen molar-refractivity contribution in [2.24, 2.45) is 0 Å². The average molecular weight is 472 g/mol. The summed E-state index contributed by atoms with van der Waals surface area (Å²) in [7, 11) is 1.60. The number of amides is 1. The fraction of sp³-hybridized carbons (Fsp3) is 0.214. The Hall–Kier alpha value is -3.51. The van der Waals surface area contributed by atoms with Crippen molar-refractivity contribution in [3.63, 3.8) is 0 Å². The molecule has 4 rings (SSSR count). The number of hydrogen-bond acceptors (Lipinski definition) is 4. The van der Waals surface area contributed by atoms with Crippen LogP contribution in [0.5, 0.6) is 5.75 Å². The summed E-state index contributed by atoms with van der Waals surface area (Å²) in [6.07, 6.45) is 0.659.